The minimum atomic E-state index is -3.02. The minimum absolute atomic E-state index is 0.0277. The Bertz CT molecular complexity index is 783. The molecule has 0 aromatic heterocycles. The lowest BCUT2D eigenvalue weighted by Crippen LogP contribution is -2.21. The van der Waals surface area contributed by atoms with Crippen molar-refractivity contribution in [3.63, 3.8) is 0 Å². The molecule has 9 heteroatoms. The van der Waals surface area contributed by atoms with Crippen molar-refractivity contribution in [2.45, 2.75) is 6.61 Å². The van der Waals surface area contributed by atoms with E-state index >= 15 is 0 Å². The first-order valence-corrected chi connectivity index (χ1v) is 8.03. The molecule has 0 unspecified atom stereocenters. The Labute approximate surface area is 156 Å². The molecule has 0 aliphatic rings. The van der Waals surface area contributed by atoms with Gasteiger partial charge in [-0.1, -0.05) is 15.9 Å². The number of hydrogen-bond donors (Lipinski definition) is 1. The van der Waals surface area contributed by atoms with Crippen molar-refractivity contribution in [1.82, 2.24) is 0 Å². The molecule has 0 spiro atoms. The summed E-state index contributed by atoms with van der Waals surface area (Å²) in [6.45, 7) is -3.53. The number of benzene rings is 2. The van der Waals surface area contributed by atoms with Gasteiger partial charge < -0.3 is 19.5 Å². The summed E-state index contributed by atoms with van der Waals surface area (Å²) in [6, 6.07) is 10.4. The highest BCUT2D eigenvalue weighted by Gasteiger charge is 2.16. The van der Waals surface area contributed by atoms with Gasteiger partial charge in [0.15, 0.2) is 18.1 Å². The predicted molar refractivity (Wildman–Crippen MR) is 92.7 cm³/mol. The maximum atomic E-state index is 12.3. The molecular weight excluding hydrogens is 416 g/mol. The molecule has 1 amide bonds. The number of hydrogen-bond acceptors (Lipinski definition) is 5. The average Bonchev–Trinajstić information content (AvgIpc) is 2.61. The summed E-state index contributed by atoms with van der Waals surface area (Å²) in [5.41, 5.74) is 0.573. The highest BCUT2D eigenvalue weighted by atomic mass is 79.9. The van der Waals surface area contributed by atoms with Crippen LogP contribution in [0, 0.1) is 0 Å². The van der Waals surface area contributed by atoms with E-state index in [1.165, 1.54) is 19.2 Å². The molecule has 0 bridgehead atoms. The number of halogens is 3. The number of anilines is 1. The zero-order chi connectivity index (χ0) is 19.1. The summed E-state index contributed by atoms with van der Waals surface area (Å²) in [6.07, 6.45) is 0. The van der Waals surface area contributed by atoms with Crippen LogP contribution in [0.4, 0.5) is 14.5 Å². The van der Waals surface area contributed by atoms with E-state index in [2.05, 4.69) is 26.0 Å². The standard InChI is InChI=1S/C17H14BrF2NO5/c1-24-14-8-10(2-7-13(14)26-17(19)20)16(23)25-9-15(22)21-12-5-3-11(18)4-6-12/h2-8,17H,9H2,1H3,(H,21,22). The van der Waals surface area contributed by atoms with Gasteiger partial charge in [-0.2, -0.15) is 8.78 Å². The van der Waals surface area contributed by atoms with Crippen molar-refractivity contribution in [2.24, 2.45) is 0 Å². The van der Waals surface area contributed by atoms with Crippen molar-refractivity contribution < 1.29 is 32.6 Å². The van der Waals surface area contributed by atoms with Crippen LogP contribution in [0.5, 0.6) is 11.5 Å². The maximum Gasteiger partial charge on any atom is 0.387 e. The molecule has 2 aromatic rings. The Morgan fingerprint density at radius 2 is 1.81 bits per heavy atom. The van der Waals surface area contributed by atoms with Gasteiger partial charge in [-0.25, -0.2) is 4.79 Å². The summed E-state index contributed by atoms with van der Waals surface area (Å²) in [5, 5.41) is 2.56. The van der Waals surface area contributed by atoms with Crippen molar-refractivity contribution >= 4 is 33.5 Å². The first-order valence-electron chi connectivity index (χ1n) is 7.24. The molecular formula is C17H14BrF2NO5. The van der Waals surface area contributed by atoms with Crippen LogP contribution in [-0.2, 0) is 9.53 Å². The van der Waals surface area contributed by atoms with Gasteiger partial charge in [0.05, 0.1) is 12.7 Å². The Kier molecular flexibility index (Phi) is 6.90. The van der Waals surface area contributed by atoms with Gasteiger partial charge in [-0.15, -0.1) is 0 Å². The quantitative estimate of drug-likeness (QED) is 0.676. The van der Waals surface area contributed by atoms with E-state index in [1.54, 1.807) is 24.3 Å². The number of ether oxygens (including phenoxy) is 3. The second-order valence-electron chi connectivity index (χ2n) is 4.88. The number of alkyl halides is 2. The molecule has 2 rings (SSSR count). The Hall–Kier alpha value is -2.68. The monoisotopic (exact) mass is 429 g/mol. The highest BCUT2D eigenvalue weighted by Crippen LogP contribution is 2.29. The summed E-state index contributed by atoms with van der Waals surface area (Å²) >= 11 is 3.27. The third-order valence-corrected chi connectivity index (χ3v) is 3.61. The SMILES string of the molecule is COc1cc(C(=O)OCC(=O)Nc2ccc(Br)cc2)ccc1OC(F)F. The summed E-state index contributed by atoms with van der Waals surface area (Å²) < 4.78 is 39.5. The molecule has 2 aromatic carbocycles. The van der Waals surface area contributed by atoms with Gasteiger partial charge in [-0.3, -0.25) is 4.79 Å². The fourth-order valence-electron chi connectivity index (χ4n) is 1.93. The van der Waals surface area contributed by atoms with Gasteiger partial charge in [0.2, 0.25) is 0 Å². The minimum Gasteiger partial charge on any atom is -0.493 e. The van der Waals surface area contributed by atoms with Crippen LogP contribution in [0.3, 0.4) is 0 Å². The second-order valence-corrected chi connectivity index (χ2v) is 5.79. The molecule has 0 atom stereocenters. The molecule has 0 fully saturated rings. The normalized spacial score (nSPS) is 10.3. The number of nitrogens with one attached hydrogen (secondary N) is 1. The van der Waals surface area contributed by atoms with Gasteiger partial charge in [0.1, 0.15) is 0 Å². The van der Waals surface area contributed by atoms with E-state index in [0.29, 0.717) is 5.69 Å². The molecule has 0 heterocycles. The predicted octanol–water partition coefficient (Wildman–Crippen LogP) is 3.85. The van der Waals surface area contributed by atoms with Gasteiger partial charge in [-0.05, 0) is 42.5 Å². The van der Waals surface area contributed by atoms with Crippen LogP contribution in [0.25, 0.3) is 0 Å². The van der Waals surface area contributed by atoms with Crippen molar-refractivity contribution in [1.29, 1.82) is 0 Å². The smallest absolute Gasteiger partial charge is 0.387 e. The lowest BCUT2D eigenvalue weighted by atomic mass is 10.2. The zero-order valence-electron chi connectivity index (χ0n) is 13.5. The number of rotatable bonds is 7. The average molecular weight is 430 g/mol. The number of carbonyl (C=O) groups excluding carboxylic acids is 2. The number of carbonyl (C=O) groups is 2. The lowest BCUT2D eigenvalue weighted by molar-refractivity contribution is -0.119. The van der Waals surface area contributed by atoms with Crippen LogP contribution in [0.1, 0.15) is 10.4 Å². The van der Waals surface area contributed by atoms with Crippen LogP contribution < -0.4 is 14.8 Å². The van der Waals surface area contributed by atoms with E-state index in [0.717, 1.165) is 10.5 Å². The summed E-state index contributed by atoms with van der Waals surface area (Å²) in [4.78, 5) is 23.8. The third kappa shape index (κ3) is 5.69. The Morgan fingerprint density at radius 3 is 2.42 bits per heavy atom. The maximum absolute atomic E-state index is 12.3. The zero-order valence-corrected chi connectivity index (χ0v) is 15.1. The fraction of sp³-hybridized carbons (Fsp3) is 0.176. The topological polar surface area (TPSA) is 73.9 Å². The number of esters is 1. The molecule has 1 N–H and O–H groups in total. The second kappa shape index (κ2) is 9.14. The lowest BCUT2D eigenvalue weighted by Gasteiger charge is -2.11. The van der Waals surface area contributed by atoms with Crippen molar-refractivity contribution in [3.05, 3.63) is 52.5 Å². The van der Waals surface area contributed by atoms with E-state index in [1.807, 2.05) is 0 Å². The molecule has 26 heavy (non-hydrogen) atoms. The van der Waals surface area contributed by atoms with Gasteiger partial charge in [0.25, 0.3) is 5.91 Å². The van der Waals surface area contributed by atoms with Crippen LogP contribution in [0.15, 0.2) is 46.9 Å². The van der Waals surface area contributed by atoms with Crippen molar-refractivity contribution in [3.8, 4) is 11.5 Å². The van der Waals surface area contributed by atoms with Gasteiger partial charge in [0, 0.05) is 10.2 Å². The molecule has 138 valence electrons. The summed E-state index contributed by atoms with van der Waals surface area (Å²) in [5.74, 6) is -1.60. The summed E-state index contributed by atoms with van der Waals surface area (Å²) in [7, 11) is 1.24. The third-order valence-electron chi connectivity index (χ3n) is 3.08. The van der Waals surface area contributed by atoms with Crippen LogP contribution >= 0.6 is 15.9 Å². The number of amides is 1. The molecule has 0 aliphatic carbocycles. The molecule has 0 saturated carbocycles. The Morgan fingerprint density at radius 1 is 1.12 bits per heavy atom. The van der Waals surface area contributed by atoms with Crippen LogP contribution in [-0.4, -0.2) is 32.2 Å². The molecule has 0 radical (unpaired) electrons. The molecule has 0 aliphatic heterocycles. The van der Waals surface area contributed by atoms with E-state index in [4.69, 9.17) is 9.47 Å². The number of methoxy groups -OCH3 is 1. The molecule has 6 nitrogen and oxygen atoms in total. The van der Waals surface area contributed by atoms with E-state index in [-0.39, 0.29) is 17.1 Å². The first-order chi connectivity index (χ1) is 12.4. The molecule has 0 saturated heterocycles. The van der Waals surface area contributed by atoms with Gasteiger partial charge >= 0.3 is 12.6 Å². The van der Waals surface area contributed by atoms with Crippen LogP contribution in [0.2, 0.25) is 0 Å². The van der Waals surface area contributed by atoms with E-state index in [9.17, 15) is 18.4 Å². The Balaban J connectivity index is 1.94. The highest BCUT2D eigenvalue weighted by molar-refractivity contribution is 9.10. The largest absolute Gasteiger partial charge is 0.493 e. The van der Waals surface area contributed by atoms with Crippen molar-refractivity contribution in [2.75, 3.05) is 19.0 Å². The fourth-order valence-corrected chi connectivity index (χ4v) is 2.20. The first kappa shape index (κ1) is 19.6. The van der Waals surface area contributed by atoms with E-state index < -0.39 is 25.1 Å².